The number of amides is 1. The van der Waals surface area contributed by atoms with Crippen LogP contribution in [0, 0.1) is 6.92 Å². The topological polar surface area (TPSA) is 69.0 Å². The minimum Gasteiger partial charge on any atom is -0.434 e. The fraction of sp³-hybridized carbons (Fsp3) is 0.188. The Morgan fingerprint density at radius 3 is 2.50 bits per heavy atom. The van der Waals surface area contributed by atoms with Gasteiger partial charge in [-0.3, -0.25) is 14.8 Å². The van der Waals surface area contributed by atoms with E-state index < -0.39 is 12.5 Å². The molecule has 2 aromatic carbocycles. The minimum atomic E-state index is -3.03. The Bertz CT molecular complexity index is 889. The summed E-state index contributed by atoms with van der Waals surface area (Å²) in [6.45, 7) is -1.31. The van der Waals surface area contributed by atoms with Crippen molar-refractivity contribution in [3.63, 3.8) is 0 Å². The quantitative estimate of drug-likeness (QED) is 0.797. The van der Waals surface area contributed by atoms with Crippen molar-refractivity contribution >= 4 is 22.6 Å². The number of aromatic nitrogens is 3. The third kappa shape index (κ3) is 3.17. The third-order valence-corrected chi connectivity index (χ3v) is 3.51. The van der Waals surface area contributed by atoms with Crippen LogP contribution >= 0.6 is 0 Å². The molecule has 1 N–H and O–H groups in total. The molecule has 0 bridgehead atoms. The van der Waals surface area contributed by atoms with Crippen LogP contribution < -0.4 is 10.1 Å². The summed E-state index contributed by atoms with van der Waals surface area (Å²) in [5.41, 5.74) is -0.0147. The van der Waals surface area contributed by atoms with E-state index in [0.29, 0.717) is 11.2 Å². The highest BCUT2D eigenvalue weighted by atomic mass is 19.3. The first-order valence-electron chi connectivity index (χ1n) is 7.10. The average Bonchev–Trinajstić information content (AvgIpc) is 2.83. The van der Waals surface area contributed by atoms with Gasteiger partial charge in [-0.15, -0.1) is 5.10 Å². The summed E-state index contributed by atoms with van der Waals surface area (Å²) < 4.78 is 31.3. The molecule has 6 nitrogen and oxygen atoms in total. The van der Waals surface area contributed by atoms with E-state index in [1.807, 2.05) is 0 Å². The van der Waals surface area contributed by atoms with Gasteiger partial charge < -0.3 is 4.74 Å². The predicted octanol–water partition coefficient (Wildman–Crippen LogP) is 3.13. The summed E-state index contributed by atoms with van der Waals surface area (Å²) in [4.78, 5) is 16.5. The van der Waals surface area contributed by atoms with Crippen LogP contribution in [0.25, 0.3) is 10.8 Å². The molecule has 1 heterocycles. The van der Waals surface area contributed by atoms with Gasteiger partial charge in [-0.1, -0.05) is 24.3 Å². The highest BCUT2D eigenvalue weighted by Crippen LogP contribution is 2.28. The van der Waals surface area contributed by atoms with E-state index in [9.17, 15) is 13.6 Å². The number of alkyl halides is 2. The number of halogens is 2. The van der Waals surface area contributed by atoms with Gasteiger partial charge in [0.05, 0.1) is 5.56 Å². The number of anilines is 1. The predicted molar refractivity (Wildman–Crippen MR) is 84.3 cm³/mol. The molecule has 3 rings (SSSR count). The molecule has 0 unspecified atom stereocenters. The highest BCUT2D eigenvalue weighted by Gasteiger charge is 2.18. The summed E-state index contributed by atoms with van der Waals surface area (Å²) >= 11 is 0. The molecule has 0 aliphatic rings. The number of nitrogens with one attached hydrogen (secondary N) is 1. The van der Waals surface area contributed by atoms with E-state index in [1.54, 1.807) is 38.2 Å². The molecule has 124 valence electrons. The molecule has 24 heavy (non-hydrogen) atoms. The molecule has 0 spiro atoms. The molecule has 1 amide bonds. The number of hydrogen-bond acceptors (Lipinski definition) is 4. The van der Waals surface area contributed by atoms with Crippen LogP contribution in [0.4, 0.5) is 14.7 Å². The highest BCUT2D eigenvalue weighted by molar-refractivity contribution is 6.08. The Morgan fingerprint density at radius 1 is 1.25 bits per heavy atom. The van der Waals surface area contributed by atoms with Gasteiger partial charge in [-0.2, -0.15) is 13.8 Å². The number of ether oxygens (including phenoxy) is 1. The van der Waals surface area contributed by atoms with Gasteiger partial charge in [0.1, 0.15) is 11.6 Å². The molecular formula is C16H14F2N4O2. The van der Waals surface area contributed by atoms with E-state index in [2.05, 4.69) is 20.1 Å². The van der Waals surface area contributed by atoms with Crippen molar-refractivity contribution in [2.45, 2.75) is 13.5 Å². The number of carbonyl (C=O) groups excluding carboxylic acids is 1. The second-order valence-corrected chi connectivity index (χ2v) is 5.13. The Labute approximate surface area is 136 Å². The summed E-state index contributed by atoms with van der Waals surface area (Å²) in [7, 11) is 1.68. The molecule has 1 aromatic heterocycles. The Balaban J connectivity index is 2.00. The number of aryl methyl sites for hydroxylation is 2. The monoisotopic (exact) mass is 332 g/mol. The zero-order chi connectivity index (χ0) is 17.3. The zero-order valence-electron chi connectivity index (χ0n) is 13.0. The van der Waals surface area contributed by atoms with Crippen molar-refractivity contribution in [3.05, 3.63) is 47.8 Å². The second kappa shape index (κ2) is 6.23. The normalized spacial score (nSPS) is 11.0. The van der Waals surface area contributed by atoms with Gasteiger partial charge in [0.25, 0.3) is 5.91 Å². The molecule has 0 saturated heterocycles. The van der Waals surface area contributed by atoms with Crippen molar-refractivity contribution in [1.29, 1.82) is 0 Å². The fourth-order valence-corrected chi connectivity index (χ4v) is 2.27. The van der Waals surface area contributed by atoms with Gasteiger partial charge in [0, 0.05) is 7.05 Å². The van der Waals surface area contributed by atoms with Gasteiger partial charge in [0.2, 0.25) is 5.95 Å². The fourth-order valence-electron chi connectivity index (χ4n) is 2.27. The molecule has 3 aromatic rings. The van der Waals surface area contributed by atoms with Gasteiger partial charge in [0.15, 0.2) is 0 Å². The van der Waals surface area contributed by atoms with Crippen molar-refractivity contribution in [2.75, 3.05) is 5.32 Å². The number of carbonyl (C=O) groups is 1. The van der Waals surface area contributed by atoms with Crippen LogP contribution in [-0.4, -0.2) is 27.3 Å². The molecule has 0 aliphatic carbocycles. The van der Waals surface area contributed by atoms with E-state index in [4.69, 9.17) is 0 Å². The number of hydrogen-bond donors (Lipinski definition) is 1. The van der Waals surface area contributed by atoms with Gasteiger partial charge in [-0.25, -0.2) is 0 Å². The Kier molecular flexibility index (Phi) is 4.11. The number of nitrogens with zero attached hydrogens (tertiary/aromatic N) is 3. The molecule has 0 atom stereocenters. The minimum absolute atomic E-state index is 0.0147. The van der Waals surface area contributed by atoms with Crippen LogP contribution in [0.2, 0.25) is 0 Å². The average molecular weight is 332 g/mol. The lowest BCUT2D eigenvalue weighted by molar-refractivity contribution is -0.0500. The maximum absolute atomic E-state index is 12.7. The molecule has 0 aliphatic heterocycles. The zero-order valence-corrected chi connectivity index (χ0v) is 13.0. The molecule has 0 fully saturated rings. The van der Waals surface area contributed by atoms with Crippen molar-refractivity contribution < 1.29 is 18.3 Å². The molecule has 0 radical (unpaired) electrons. The lowest BCUT2D eigenvalue weighted by Crippen LogP contribution is -2.16. The van der Waals surface area contributed by atoms with Gasteiger partial charge in [-0.05, 0) is 29.8 Å². The van der Waals surface area contributed by atoms with Crippen molar-refractivity contribution in [3.8, 4) is 5.75 Å². The molecule has 8 heteroatoms. The third-order valence-electron chi connectivity index (χ3n) is 3.51. The summed E-state index contributed by atoms with van der Waals surface area (Å²) in [5.74, 6) is -0.125. The molecular weight excluding hydrogens is 318 g/mol. The summed E-state index contributed by atoms with van der Waals surface area (Å²) in [6.07, 6.45) is 0. The van der Waals surface area contributed by atoms with Gasteiger partial charge >= 0.3 is 6.61 Å². The van der Waals surface area contributed by atoms with Crippen molar-refractivity contribution in [1.82, 2.24) is 14.8 Å². The Hall–Kier alpha value is -3.03. The second-order valence-electron chi connectivity index (χ2n) is 5.13. The first-order chi connectivity index (χ1) is 11.4. The lowest BCUT2D eigenvalue weighted by atomic mass is 10.1. The largest absolute Gasteiger partial charge is 0.434 e. The Morgan fingerprint density at radius 2 is 1.92 bits per heavy atom. The summed E-state index contributed by atoms with van der Waals surface area (Å²) in [5, 5.41) is 7.93. The standard InChI is InChI=1S/C16H14F2N4O2/c1-9-19-16(21-22(9)2)20-14(23)12-7-10-5-3-4-6-11(10)8-13(12)24-15(17)18/h3-8,15H,1-2H3,(H,20,21,23). The first-order valence-corrected chi connectivity index (χ1v) is 7.10. The van der Waals surface area contributed by atoms with Crippen LogP contribution in [0.5, 0.6) is 5.75 Å². The summed E-state index contributed by atoms with van der Waals surface area (Å²) in [6, 6.07) is 10.0. The van der Waals surface area contributed by atoms with Crippen LogP contribution in [0.3, 0.4) is 0 Å². The SMILES string of the molecule is Cc1nc(NC(=O)c2cc3ccccc3cc2OC(F)F)nn1C. The van der Waals surface area contributed by atoms with Crippen LogP contribution in [-0.2, 0) is 7.05 Å². The van der Waals surface area contributed by atoms with E-state index in [-0.39, 0.29) is 17.3 Å². The van der Waals surface area contributed by atoms with E-state index in [1.165, 1.54) is 16.8 Å². The van der Waals surface area contributed by atoms with Crippen LogP contribution in [0.1, 0.15) is 16.2 Å². The maximum atomic E-state index is 12.7. The number of rotatable bonds is 4. The van der Waals surface area contributed by atoms with Crippen LogP contribution in [0.15, 0.2) is 36.4 Å². The molecule has 0 saturated carbocycles. The van der Waals surface area contributed by atoms with E-state index in [0.717, 1.165) is 5.39 Å². The number of benzene rings is 2. The first kappa shape index (κ1) is 15.9. The van der Waals surface area contributed by atoms with Crippen molar-refractivity contribution in [2.24, 2.45) is 7.05 Å². The smallest absolute Gasteiger partial charge is 0.387 e. The maximum Gasteiger partial charge on any atom is 0.387 e. The van der Waals surface area contributed by atoms with E-state index >= 15 is 0 Å². The lowest BCUT2D eigenvalue weighted by Gasteiger charge is -2.11. The number of fused-ring (bicyclic) bond motifs is 1.